The lowest BCUT2D eigenvalue weighted by Gasteiger charge is -2.12. The van der Waals surface area contributed by atoms with Crippen LogP contribution in [0.15, 0.2) is 71.6 Å². The molecule has 0 aliphatic carbocycles. The fourth-order valence-corrected chi connectivity index (χ4v) is 3.88. The second kappa shape index (κ2) is 7.86. The molecule has 0 fully saturated rings. The van der Waals surface area contributed by atoms with E-state index in [2.05, 4.69) is 10.0 Å². The zero-order valence-electron chi connectivity index (χ0n) is 16.0. The lowest BCUT2D eigenvalue weighted by Crippen LogP contribution is -2.15. The molecule has 144 valence electrons. The summed E-state index contributed by atoms with van der Waals surface area (Å²) in [6, 6.07) is 18.8. The zero-order valence-corrected chi connectivity index (χ0v) is 16.8. The highest BCUT2D eigenvalue weighted by atomic mass is 32.2. The second-order valence-corrected chi connectivity index (χ2v) is 8.33. The van der Waals surface area contributed by atoms with Crippen molar-refractivity contribution >= 4 is 27.3 Å². The zero-order chi connectivity index (χ0) is 20.3. The molecule has 0 heterocycles. The second-order valence-electron chi connectivity index (χ2n) is 6.65. The van der Waals surface area contributed by atoms with E-state index in [1.54, 1.807) is 12.1 Å². The van der Waals surface area contributed by atoms with Crippen molar-refractivity contribution in [3.05, 3.63) is 89.0 Å². The van der Waals surface area contributed by atoms with Crippen molar-refractivity contribution in [2.45, 2.75) is 25.7 Å². The van der Waals surface area contributed by atoms with E-state index in [4.69, 9.17) is 0 Å². The van der Waals surface area contributed by atoms with Crippen LogP contribution in [0.25, 0.3) is 0 Å². The minimum atomic E-state index is -3.74. The number of rotatable bonds is 5. The first-order valence-corrected chi connectivity index (χ1v) is 10.3. The summed E-state index contributed by atoms with van der Waals surface area (Å²) in [6.45, 7) is 5.70. The Morgan fingerprint density at radius 3 is 2.04 bits per heavy atom. The first kappa shape index (κ1) is 19.6. The van der Waals surface area contributed by atoms with Crippen molar-refractivity contribution in [3.63, 3.8) is 0 Å². The minimum Gasteiger partial charge on any atom is -0.322 e. The molecule has 0 unspecified atom stereocenters. The van der Waals surface area contributed by atoms with Crippen LogP contribution in [0.5, 0.6) is 0 Å². The van der Waals surface area contributed by atoms with E-state index in [0.29, 0.717) is 11.3 Å². The number of benzene rings is 3. The molecule has 0 aliphatic heterocycles. The molecular weight excluding hydrogens is 372 g/mol. The summed E-state index contributed by atoms with van der Waals surface area (Å²) >= 11 is 0. The van der Waals surface area contributed by atoms with Gasteiger partial charge in [-0.15, -0.1) is 0 Å². The molecule has 2 N–H and O–H groups in total. The number of carbonyl (C=O) groups is 1. The van der Waals surface area contributed by atoms with Crippen molar-refractivity contribution in [1.82, 2.24) is 0 Å². The van der Waals surface area contributed by atoms with Gasteiger partial charge in [-0.05, 0) is 73.9 Å². The van der Waals surface area contributed by atoms with Gasteiger partial charge in [-0.3, -0.25) is 9.52 Å². The molecule has 0 aromatic heterocycles. The molecule has 6 heteroatoms. The third-order valence-electron chi connectivity index (χ3n) is 4.67. The van der Waals surface area contributed by atoms with Gasteiger partial charge in [0.1, 0.15) is 0 Å². The minimum absolute atomic E-state index is 0.0980. The lowest BCUT2D eigenvalue weighted by molar-refractivity contribution is 0.102. The molecule has 0 saturated heterocycles. The van der Waals surface area contributed by atoms with Crippen molar-refractivity contribution in [2.24, 2.45) is 0 Å². The molecule has 0 bridgehead atoms. The van der Waals surface area contributed by atoms with E-state index in [9.17, 15) is 13.2 Å². The van der Waals surface area contributed by atoms with Crippen LogP contribution >= 0.6 is 0 Å². The molecule has 1 amide bonds. The van der Waals surface area contributed by atoms with Crippen LogP contribution in [-0.2, 0) is 10.0 Å². The first-order valence-electron chi connectivity index (χ1n) is 8.84. The third-order valence-corrected chi connectivity index (χ3v) is 6.05. The molecule has 28 heavy (non-hydrogen) atoms. The Morgan fingerprint density at radius 2 is 1.36 bits per heavy atom. The Hall–Kier alpha value is -3.12. The van der Waals surface area contributed by atoms with Crippen LogP contribution in [0.3, 0.4) is 0 Å². The van der Waals surface area contributed by atoms with Gasteiger partial charge in [0.15, 0.2) is 0 Å². The van der Waals surface area contributed by atoms with E-state index in [1.165, 1.54) is 24.3 Å². The van der Waals surface area contributed by atoms with E-state index in [-0.39, 0.29) is 10.8 Å². The number of amides is 1. The fourth-order valence-electron chi connectivity index (χ4n) is 2.76. The Kier molecular flexibility index (Phi) is 5.51. The largest absolute Gasteiger partial charge is 0.322 e. The average molecular weight is 394 g/mol. The molecule has 3 rings (SSSR count). The number of sulfonamides is 1. The normalized spacial score (nSPS) is 11.1. The van der Waals surface area contributed by atoms with Gasteiger partial charge in [-0.25, -0.2) is 8.42 Å². The van der Waals surface area contributed by atoms with Gasteiger partial charge < -0.3 is 5.32 Å². The molecule has 3 aromatic carbocycles. The molecule has 0 atom stereocenters. The SMILES string of the molecule is Cc1ccccc1NC(=O)c1ccc(S(=O)(=O)Nc2cccc(C)c2C)cc1. The van der Waals surface area contributed by atoms with E-state index < -0.39 is 10.0 Å². The van der Waals surface area contributed by atoms with Gasteiger partial charge >= 0.3 is 0 Å². The summed E-state index contributed by atoms with van der Waals surface area (Å²) in [7, 11) is -3.74. The molecular formula is C22H22N2O3S. The number of nitrogens with one attached hydrogen (secondary N) is 2. The predicted octanol–water partition coefficient (Wildman–Crippen LogP) is 4.66. The maximum atomic E-state index is 12.7. The quantitative estimate of drug-likeness (QED) is 0.661. The summed E-state index contributed by atoms with van der Waals surface area (Å²) in [4.78, 5) is 12.5. The van der Waals surface area contributed by atoms with Crippen LogP contribution in [0, 0.1) is 20.8 Å². The van der Waals surface area contributed by atoms with Crippen LogP contribution in [-0.4, -0.2) is 14.3 Å². The highest BCUT2D eigenvalue weighted by molar-refractivity contribution is 7.92. The first-order chi connectivity index (χ1) is 13.3. The number of aryl methyl sites for hydroxylation is 2. The van der Waals surface area contributed by atoms with Gasteiger partial charge in [0.25, 0.3) is 15.9 Å². The van der Waals surface area contributed by atoms with Gasteiger partial charge in [0, 0.05) is 11.3 Å². The van der Waals surface area contributed by atoms with Gasteiger partial charge in [-0.2, -0.15) is 0 Å². The number of para-hydroxylation sites is 1. The molecule has 0 saturated carbocycles. The number of anilines is 2. The van der Waals surface area contributed by atoms with Crippen LogP contribution in [0.2, 0.25) is 0 Å². The Bertz CT molecular complexity index is 1120. The molecule has 0 radical (unpaired) electrons. The number of carbonyl (C=O) groups excluding carboxylic acids is 1. The van der Waals surface area contributed by atoms with Crippen molar-refractivity contribution < 1.29 is 13.2 Å². The highest BCUT2D eigenvalue weighted by Gasteiger charge is 2.17. The van der Waals surface area contributed by atoms with Crippen molar-refractivity contribution in [2.75, 3.05) is 10.0 Å². The maximum absolute atomic E-state index is 12.7. The van der Waals surface area contributed by atoms with Crippen LogP contribution in [0.1, 0.15) is 27.0 Å². The third kappa shape index (κ3) is 4.23. The predicted molar refractivity (Wildman–Crippen MR) is 112 cm³/mol. The fraction of sp³-hybridized carbons (Fsp3) is 0.136. The Morgan fingerprint density at radius 1 is 0.750 bits per heavy atom. The standard InChI is InChI=1S/C22H22N2O3S/c1-15-8-6-10-21(17(15)3)24-28(26,27)19-13-11-18(12-14-19)22(25)23-20-9-5-4-7-16(20)2/h4-14,24H,1-3H3,(H,23,25). The molecule has 5 nitrogen and oxygen atoms in total. The summed E-state index contributed by atoms with van der Waals surface area (Å²) < 4.78 is 28.0. The van der Waals surface area contributed by atoms with Crippen molar-refractivity contribution in [1.29, 1.82) is 0 Å². The summed E-state index contributed by atoms with van der Waals surface area (Å²) in [5.74, 6) is -0.291. The topological polar surface area (TPSA) is 75.3 Å². The number of hydrogen-bond acceptors (Lipinski definition) is 3. The van der Waals surface area contributed by atoms with E-state index >= 15 is 0 Å². The number of hydrogen-bond donors (Lipinski definition) is 2. The van der Waals surface area contributed by atoms with Gasteiger partial charge in [-0.1, -0.05) is 30.3 Å². The Labute approximate surface area is 165 Å². The van der Waals surface area contributed by atoms with Gasteiger partial charge in [0.05, 0.1) is 10.6 Å². The van der Waals surface area contributed by atoms with E-state index in [1.807, 2.05) is 51.1 Å². The van der Waals surface area contributed by atoms with Gasteiger partial charge in [0.2, 0.25) is 0 Å². The molecule has 0 spiro atoms. The summed E-state index contributed by atoms with van der Waals surface area (Å²) in [5.41, 5.74) is 4.48. The van der Waals surface area contributed by atoms with E-state index in [0.717, 1.165) is 22.4 Å². The van der Waals surface area contributed by atoms with Crippen molar-refractivity contribution in [3.8, 4) is 0 Å². The van der Waals surface area contributed by atoms with Crippen LogP contribution < -0.4 is 10.0 Å². The molecule has 0 aliphatic rings. The maximum Gasteiger partial charge on any atom is 0.261 e. The lowest BCUT2D eigenvalue weighted by atomic mass is 10.1. The molecule has 3 aromatic rings. The average Bonchev–Trinajstić information content (AvgIpc) is 2.67. The highest BCUT2D eigenvalue weighted by Crippen LogP contribution is 2.22. The summed E-state index contributed by atoms with van der Waals surface area (Å²) in [5, 5.41) is 2.83. The monoisotopic (exact) mass is 394 g/mol. The summed E-state index contributed by atoms with van der Waals surface area (Å²) in [6.07, 6.45) is 0. The smallest absolute Gasteiger partial charge is 0.261 e. The van der Waals surface area contributed by atoms with Crippen LogP contribution in [0.4, 0.5) is 11.4 Å². The Balaban J connectivity index is 1.78.